The molecule has 0 bridgehead atoms. The summed E-state index contributed by atoms with van der Waals surface area (Å²) < 4.78 is 5.82. The summed E-state index contributed by atoms with van der Waals surface area (Å²) in [4.78, 5) is 11.5. The molecule has 0 saturated carbocycles. The van der Waals surface area contributed by atoms with E-state index in [2.05, 4.69) is 41.2 Å². The second-order valence-corrected chi connectivity index (χ2v) is 8.06. The lowest BCUT2D eigenvalue weighted by Gasteiger charge is -2.02. The number of H-pyrrole nitrogens is 2. The average Bonchev–Trinajstić information content (AvgIpc) is 3.49. The average molecular weight is 408 g/mol. The van der Waals surface area contributed by atoms with Gasteiger partial charge in [-0.25, -0.2) is 0 Å². The van der Waals surface area contributed by atoms with Gasteiger partial charge >= 0.3 is 0 Å². The molecule has 4 nitrogen and oxygen atoms in total. The summed E-state index contributed by atoms with van der Waals surface area (Å²) in [5.41, 5.74) is 5.22. The highest BCUT2D eigenvalue weighted by atomic mass is 16.5. The number of rotatable bonds is 14. The van der Waals surface area contributed by atoms with E-state index < -0.39 is 0 Å². The number of aromatic nitrogens is 2. The molecule has 0 aliphatic carbocycles. The molecule has 0 fully saturated rings. The Morgan fingerprint density at radius 3 is 2.40 bits per heavy atom. The summed E-state index contributed by atoms with van der Waals surface area (Å²) in [6, 6.07) is 6.10. The zero-order chi connectivity index (χ0) is 21.0. The second-order valence-electron chi connectivity index (χ2n) is 8.06. The molecule has 0 spiro atoms. The van der Waals surface area contributed by atoms with Crippen molar-refractivity contribution >= 4 is 11.8 Å². The lowest BCUT2D eigenvalue weighted by molar-refractivity contribution is 0.340. The Balaban J connectivity index is 1.48. The summed E-state index contributed by atoms with van der Waals surface area (Å²) >= 11 is 0. The maximum absolute atomic E-state index is 5.82. The van der Waals surface area contributed by atoms with Crippen LogP contribution in [0, 0.1) is 0 Å². The Labute approximate surface area is 181 Å². The minimum absolute atomic E-state index is 0.640. The van der Waals surface area contributed by atoms with E-state index >= 15 is 0 Å². The second kappa shape index (κ2) is 12.3. The molecule has 0 aromatic carbocycles. The molecule has 0 unspecified atom stereocenters. The van der Waals surface area contributed by atoms with E-state index in [-0.39, 0.29) is 0 Å². The molecule has 0 radical (unpaired) electrons. The van der Waals surface area contributed by atoms with Crippen LogP contribution in [0.1, 0.15) is 83.7 Å². The van der Waals surface area contributed by atoms with Gasteiger partial charge in [0, 0.05) is 18.0 Å². The van der Waals surface area contributed by atoms with E-state index in [1.165, 1.54) is 63.5 Å². The van der Waals surface area contributed by atoms with Gasteiger partial charge < -0.3 is 14.7 Å². The molecule has 0 amide bonds. The molecule has 4 heteroatoms. The summed E-state index contributed by atoms with van der Waals surface area (Å²) in [5, 5.41) is 0. The zero-order valence-electron chi connectivity index (χ0n) is 18.7. The van der Waals surface area contributed by atoms with Gasteiger partial charge in [0.05, 0.1) is 29.4 Å². The molecule has 0 saturated heterocycles. The van der Waals surface area contributed by atoms with Crippen LogP contribution in [0.25, 0.3) is 17.5 Å². The molecular weight excluding hydrogens is 370 g/mol. The standard InChI is InChI=1S/C26H37N3O/c1-3-5-6-7-8-9-10-11-12-14-21-16-17-22(28-21)19-25-26(30-4-2)20-24(29-25)23-15-13-18-27-23/h13,15-20,27,29H,3-12,14H2,1-2H3/b22-19+. The van der Waals surface area contributed by atoms with Crippen molar-refractivity contribution in [2.75, 3.05) is 6.61 Å². The molecule has 0 atom stereocenters. The van der Waals surface area contributed by atoms with Gasteiger partial charge in [-0.1, -0.05) is 58.3 Å². The lowest BCUT2D eigenvalue weighted by atomic mass is 10.1. The quantitative estimate of drug-likeness (QED) is 0.310. The first kappa shape index (κ1) is 22.2. The lowest BCUT2D eigenvalue weighted by Crippen LogP contribution is -1.92. The van der Waals surface area contributed by atoms with Crippen molar-refractivity contribution in [1.29, 1.82) is 0 Å². The van der Waals surface area contributed by atoms with E-state index in [1.54, 1.807) is 0 Å². The molecular formula is C26H37N3O. The van der Waals surface area contributed by atoms with Crippen LogP contribution in [0.5, 0.6) is 5.75 Å². The third-order valence-corrected chi connectivity index (χ3v) is 5.55. The Morgan fingerprint density at radius 1 is 0.933 bits per heavy atom. The van der Waals surface area contributed by atoms with E-state index in [1.807, 2.05) is 25.3 Å². The van der Waals surface area contributed by atoms with Crippen molar-refractivity contribution in [3.8, 4) is 17.1 Å². The van der Waals surface area contributed by atoms with E-state index in [4.69, 9.17) is 9.73 Å². The van der Waals surface area contributed by atoms with Crippen LogP contribution in [0.3, 0.4) is 0 Å². The first-order valence-corrected chi connectivity index (χ1v) is 11.8. The first-order chi connectivity index (χ1) is 14.8. The summed E-state index contributed by atoms with van der Waals surface area (Å²) in [6.07, 6.45) is 21.6. The van der Waals surface area contributed by atoms with Crippen LogP contribution >= 0.6 is 0 Å². The minimum atomic E-state index is 0.640. The van der Waals surface area contributed by atoms with Crippen molar-refractivity contribution in [2.45, 2.75) is 78.1 Å². The van der Waals surface area contributed by atoms with Gasteiger partial charge in [0.1, 0.15) is 5.75 Å². The molecule has 3 heterocycles. The van der Waals surface area contributed by atoms with E-state index in [9.17, 15) is 0 Å². The smallest absolute Gasteiger partial charge is 0.144 e. The maximum atomic E-state index is 5.82. The Morgan fingerprint density at radius 2 is 1.70 bits per heavy atom. The Bertz CT molecular complexity index is 840. The number of ether oxygens (including phenoxy) is 1. The predicted octanol–water partition coefficient (Wildman–Crippen LogP) is 7.68. The molecule has 1 aliphatic heterocycles. The monoisotopic (exact) mass is 407 g/mol. The van der Waals surface area contributed by atoms with Crippen LogP contribution in [-0.2, 0) is 0 Å². The van der Waals surface area contributed by atoms with Gasteiger partial charge in [0.25, 0.3) is 0 Å². The zero-order valence-corrected chi connectivity index (χ0v) is 18.7. The number of aromatic amines is 2. The SMILES string of the molecule is CCCCCCCCCCCC1=N/C(=C/c2[nH]c(-c3ccc[nH]3)cc2OCC)C=C1. The maximum Gasteiger partial charge on any atom is 0.144 e. The van der Waals surface area contributed by atoms with Gasteiger partial charge in [-0.3, -0.25) is 4.99 Å². The third-order valence-electron chi connectivity index (χ3n) is 5.55. The van der Waals surface area contributed by atoms with Gasteiger partial charge in [-0.2, -0.15) is 0 Å². The molecule has 2 aromatic heterocycles. The van der Waals surface area contributed by atoms with Crippen LogP contribution in [0.2, 0.25) is 0 Å². The van der Waals surface area contributed by atoms with Crippen LogP contribution in [-0.4, -0.2) is 22.3 Å². The minimum Gasteiger partial charge on any atom is -0.492 e. The highest BCUT2D eigenvalue weighted by Crippen LogP contribution is 2.29. The first-order valence-electron chi connectivity index (χ1n) is 11.8. The number of nitrogens with one attached hydrogen (secondary N) is 2. The Hall–Kier alpha value is -2.49. The largest absolute Gasteiger partial charge is 0.492 e. The predicted molar refractivity (Wildman–Crippen MR) is 128 cm³/mol. The van der Waals surface area contributed by atoms with Crippen LogP contribution in [0.15, 0.2) is 47.2 Å². The number of unbranched alkanes of at least 4 members (excludes halogenated alkanes) is 8. The summed E-state index contributed by atoms with van der Waals surface area (Å²) in [7, 11) is 0. The number of hydrogen-bond acceptors (Lipinski definition) is 2. The highest BCUT2D eigenvalue weighted by molar-refractivity contribution is 5.99. The fourth-order valence-corrected chi connectivity index (χ4v) is 3.88. The van der Waals surface area contributed by atoms with Gasteiger partial charge in [0.15, 0.2) is 0 Å². The number of nitrogens with zero attached hydrogens (tertiary/aromatic N) is 1. The highest BCUT2D eigenvalue weighted by Gasteiger charge is 2.12. The van der Waals surface area contributed by atoms with Gasteiger partial charge in [-0.15, -0.1) is 0 Å². The molecule has 2 N–H and O–H groups in total. The number of allylic oxidation sites excluding steroid dienone is 2. The van der Waals surface area contributed by atoms with Crippen molar-refractivity contribution in [3.05, 3.63) is 47.9 Å². The molecule has 30 heavy (non-hydrogen) atoms. The fourth-order valence-electron chi connectivity index (χ4n) is 3.88. The van der Waals surface area contributed by atoms with Crippen molar-refractivity contribution in [1.82, 2.24) is 9.97 Å². The molecule has 2 aromatic rings. The normalized spacial score (nSPS) is 14.6. The molecule has 1 aliphatic rings. The fraction of sp³-hybridized carbons (Fsp3) is 0.500. The number of aliphatic imine (C=N–C) groups is 1. The third kappa shape index (κ3) is 6.79. The Kier molecular flexibility index (Phi) is 9.07. The summed E-state index contributed by atoms with van der Waals surface area (Å²) in [5.74, 6) is 0.866. The summed E-state index contributed by atoms with van der Waals surface area (Å²) in [6.45, 7) is 4.92. The van der Waals surface area contributed by atoms with Crippen molar-refractivity contribution < 1.29 is 4.74 Å². The van der Waals surface area contributed by atoms with Crippen LogP contribution < -0.4 is 4.74 Å². The topological polar surface area (TPSA) is 53.2 Å². The van der Waals surface area contributed by atoms with E-state index in [0.29, 0.717) is 6.61 Å². The van der Waals surface area contributed by atoms with Crippen molar-refractivity contribution in [2.24, 2.45) is 4.99 Å². The molecule has 3 rings (SSSR count). The van der Waals surface area contributed by atoms with Crippen molar-refractivity contribution in [3.63, 3.8) is 0 Å². The van der Waals surface area contributed by atoms with Crippen LogP contribution in [0.4, 0.5) is 0 Å². The molecule has 162 valence electrons. The van der Waals surface area contributed by atoms with Gasteiger partial charge in [-0.05, 0) is 50.1 Å². The van der Waals surface area contributed by atoms with E-state index in [0.717, 1.165) is 34.9 Å². The number of hydrogen-bond donors (Lipinski definition) is 2. The van der Waals surface area contributed by atoms with Gasteiger partial charge in [0.2, 0.25) is 0 Å².